The van der Waals surface area contributed by atoms with Crippen LogP contribution in [0.2, 0.25) is 0 Å². The summed E-state index contributed by atoms with van der Waals surface area (Å²) in [5.74, 6) is 2.12. The van der Waals surface area contributed by atoms with Gasteiger partial charge in [-0.2, -0.15) is 0 Å². The summed E-state index contributed by atoms with van der Waals surface area (Å²) in [5, 5.41) is 9.58. The molecule has 7 nitrogen and oxygen atoms in total. The van der Waals surface area contributed by atoms with E-state index in [4.69, 9.17) is 9.47 Å². The lowest BCUT2D eigenvalue weighted by Crippen LogP contribution is -2.27. The molecule has 5 rings (SSSR count). The molecule has 0 saturated carbocycles. The molecule has 1 amide bonds. The molecule has 0 atom stereocenters. The predicted molar refractivity (Wildman–Crippen MR) is 151 cm³/mol. The molecule has 0 aliphatic carbocycles. The fourth-order valence-electron chi connectivity index (χ4n) is 4.11. The summed E-state index contributed by atoms with van der Waals surface area (Å²) in [6, 6.07) is 34.6. The number of aromatic nitrogens is 3. The Morgan fingerprint density at radius 1 is 0.763 bits per heavy atom. The summed E-state index contributed by atoms with van der Waals surface area (Å²) >= 11 is 1.33. The van der Waals surface area contributed by atoms with E-state index in [0.717, 1.165) is 28.4 Å². The van der Waals surface area contributed by atoms with Crippen molar-refractivity contribution in [2.75, 3.05) is 24.9 Å². The Balaban J connectivity index is 1.50. The highest BCUT2D eigenvalue weighted by Gasteiger charge is 2.22. The largest absolute Gasteiger partial charge is 0.497 e. The van der Waals surface area contributed by atoms with Crippen molar-refractivity contribution in [1.29, 1.82) is 0 Å². The molecule has 5 aromatic rings. The summed E-state index contributed by atoms with van der Waals surface area (Å²) in [4.78, 5) is 15.4. The molecule has 38 heavy (non-hydrogen) atoms. The van der Waals surface area contributed by atoms with Gasteiger partial charge in [0, 0.05) is 11.4 Å². The summed E-state index contributed by atoms with van der Waals surface area (Å²) in [5.41, 5.74) is 3.24. The Labute approximate surface area is 225 Å². The lowest BCUT2D eigenvalue weighted by molar-refractivity contribution is -0.115. The van der Waals surface area contributed by atoms with Crippen LogP contribution in [0.3, 0.4) is 0 Å². The monoisotopic (exact) mass is 522 g/mol. The average Bonchev–Trinajstić information content (AvgIpc) is 3.41. The Bertz CT molecular complexity index is 1470. The van der Waals surface area contributed by atoms with Crippen LogP contribution in [0.5, 0.6) is 11.5 Å². The molecular weight excluding hydrogens is 496 g/mol. The number of methoxy groups -OCH3 is 2. The van der Waals surface area contributed by atoms with Crippen molar-refractivity contribution < 1.29 is 14.3 Å². The second-order valence-electron chi connectivity index (χ2n) is 8.23. The number of anilines is 2. The van der Waals surface area contributed by atoms with Gasteiger partial charge < -0.3 is 9.47 Å². The quantitative estimate of drug-likeness (QED) is 0.208. The second-order valence-corrected chi connectivity index (χ2v) is 9.17. The Hall–Kier alpha value is -4.56. The van der Waals surface area contributed by atoms with E-state index < -0.39 is 0 Å². The zero-order valence-electron chi connectivity index (χ0n) is 21.0. The maximum Gasteiger partial charge on any atom is 0.242 e. The standard InChI is InChI=1S/C30H26N4O3S/c1-36-25-19-17-24(18-20-25)34-29(26-15-9-10-16-27(26)37-2)31-32-30(34)38-21-28(35)33(22-11-5-3-6-12-22)23-13-7-4-8-14-23/h3-20H,21H2,1-2H3. The van der Waals surface area contributed by atoms with Gasteiger partial charge in [0.1, 0.15) is 11.5 Å². The Kier molecular flexibility index (Phi) is 7.70. The van der Waals surface area contributed by atoms with Gasteiger partial charge in [-0.1, -0.05) is 60.3 Å². The lowest BCUT2D eigenvalue weighted by atomic mass is 10.2. The van der Waals surface area contributed by atoms with Gasteiger partial charge in [-0.05, 0) is 60.7 Å². The lowest BCUT2D eigenvalue weighted by Gasteiger charge is -2.23. The van der Waals surface area contributed by atoms with E-state index in [1.165, 1.54) is 11.8 Å². The maximum absolute atomic E-state index is 13.6. The third kappa shape index (κ3) is 5.26. The number of benzene rings is 4. The number of ether oxygens (including phenoxy) is 2. The summed E-state index contributed by atoms with van der Waals surface area (Å²) < 4.78 is 12.9. The molecular formula is C30H26N4O3S. The van der Waals surface area contributed by atoms with Crippen LogP contribution in [-0.4, -0.2) is 40.6 Å². The molecule has 1 aromatic heterocycles. The molecule has 0 aliphatic rings. The highest BCUT2D eigenvalue weighted by molar-refractivity contribution is 7.99. The first kappa shape index (κ1) is 25.1. The number of carbonyl (C=O) groups excluding carboxylic acids is 1. The molecule has 4 aromatic carbocycles. The number of amides is 1. The third-order valence-corrected chi connectivity index (χ3v) is 6.83. The van der Waals surface area contributed by atoms with E-state index in [1.807, 2.05) is 114 Å². The Morgan fingerprint density at radius 3 is 1.97 bits per heavy atom. The van der Waals surface area contributed by atoms with Crippen molar-refractivity contribution in [3.63, 3.8) is 0 Å². The van der Waals surface area contributed by atoms with Crippen molar-refractivity contribution in [1.82, 2.24) is 14.8 Å². The molecule has 0 bridgehead atoms. The fraction of sp³-hybridized carbons (Fsp3) is 0.100. The van der Waals surface area contributed by atoms with E-state index in [-0.39, 0.29) is 11.7 Å². The highest BCUT2D eigenvalue weighted by Crippen LogP contribution is 2.34. The first-order valence-electron chi connectivity index (χ1n) is 12.0. The van der Waals surface area contributed by atoms with Crippen molar-refractivity contribution in [2.24, 2.45) is 0 Å². The molecule has 0 aliphatic heterocycles. The number of nitrogens with zero attached hydrogens (tertiary/aromatic N) is 4. The maximum atomic E-state index is 13.6. The van der Waals surface area contributed by atoms with Crippen LogP contribution in [0, 0.1) is 0 Å². The van der Waals surface area contributed by atoms with Gasteiger partial charge >= 0.3 is 0 Å². The predicted octanol–water partition coefficient (Wildman–Crippen LogP) is 6.41. The van der Waals surface area contributed by atoms with Crippen molar-refractivity contribution >= 4 is 29.0 Å². The molecule has 8 heteroatoms. The van der Waals surface area contributed by atoms with Gasteiger partial charge in [-0.15, -0.1) is 10.2 Å². The minimum Gasteiger partial charge on any atom is -0.497 e. The average molecular weight is 523 g/mol. The van der Waals surface area contributed by atoms with Crippen LogP contribution in [-0.2, 0) is 4.79 Å². The van der Waals surface area contributed by atoms with Crippen LogP contribution in [0.4, 0.5) is 11.4 Å². The second kappa shape index (κ2) is 11.7. The summed E-state index contributed by atoms with van der Waals surface area (Å²) in [7, 11) is 3.26. The zero-order valence-corrected chi connectivity index (χ0v) is 21.8. The number of para-hydroxylation sites is 3. The topological polar surface area (TPSA) is 69.5 Å². The Morgan fingerprint density at radius 2 is 1.37 bits per heavy atom. The van der Waals surface area contributed by atoms with Gasteiger partial charge in [-0.3, -0.25) is 14.3 Å². The van der Waals surface area contributed by atoms with E-state index >= 15 is 0 Å². The number of rotatable bonds is 9. The van der Waals surface area contributed by atoms with Gasteiger partial charge in [0.05, 0.1) is 31.2 Å². The minimum absolute atomic E-state index is 0.0736. The summed E-state index contributed by atoms with van der Waals surface area (Å²) in [6.45, 7) is 0. The van der Waals surface area contributed by atoms with Crippen LogP contribution < -0.4 is 14.4 Å². The molecule has 0 saturated heterocycles. The molecule has 0 radical (unpaired) electrons. The summed E-state index contributed by atoms with van der Waals surface area (Å²) in [6.07, 6.45) is 0. The highest BCUT2D eigenvalue weighted by atomic mass is 32.2. The molecule has 190 valence electrons. The van der Waals surface area contributed by atoms with Gasteiger partial charge in [0.25, 0.3) is 0 Å². The van der Waals surface area contributed by atoms with Crippen LogP contribution in [0.1, 0.15) is 0 Å². The van der Waals surface area contributed by atoms with Gasteiger partial charge in [0.2, 0.25) is 5.91 Å². The van der Waals surface area contributed by atoms with Crippen LogP contribution >= 0.6 is 11.8 Å². The van der Waals surface area contributed by atoms with E-state index in [2.05, 4.69) is 10.2 Å². The fourth-order valence-corrected chi connectivity index (χ4v) is 4.91. The van der Waals surface area contributed by atoms with Crippen molar-refractivity contribution in [3.05, 3.63) is 109 Å². The normalized spacial score (nSPS) is 10.7. The van der Waals surface area contributed by atoms with Gasteiger partial charge in [-0.25, -0.2) is 0 Å². The molecule has 0 fully saturated rings. The first-order chi connectivity index (χ1) is 18.7. The van der Waals surface area contributed by atoms with E-state index in [9.17, 15) is 4.79 Å². The zero-order chi connectivity index (χ0) is 26.3. The minimum atomic E-state index is -0.0736. The smallest absolute Gasteiger partial charge is 0.242 e. The SMILES string of the molecule is COc1ccc(-n2c(SCC(=O)N(c3ccccc3)c3ccccc3)nnc2-c2ccccc2OC)cc1. The van der Waals surface area contributed by atoms with Crippen LogP contribution in [0.15, 0.2) is 114 Å². The molecule has 1 heterocycles. The van der Waals surface area contributed by atoms with Crippen molar-refractivity contribution in [3.8, 4) is 28.6 Å². The number of hydrogen-bond donors (Lipinski definition) is 0. The molecule has 0 unspecified atom stereocenters. The van der Waals surface area contributed by atoms with E-state index in [0.29, 0.717) is 16.7 Å². The molecule has 0 spiro atoms. The van der Waals surface area contributed by atoms with E-state index in [1.54, 1.807) is 19.1 Å². The number of thioether (sulfide) groups is 1. The first-order valence-corrected chi connectivity index (χ1v) is 13.0. The van der Waals surface area contributed by atoms with Gasteiger partial charge in [0.15, 0.2) is 11.0 Å². The van der Waals surface area contributed by atoms with Crippen LogP contribution in [0.25, 0.3) is 17.1 Å². The number of hydrogen-bond acceptors (Lipinski definition) is 6. The molecule has 0 N–H and O–H groups in total. The third-order valence-electron chi connectivity index (χ3n) is 5.91. The number of carbonyl (C=O) groups is 1. The van der Waals surface area contributed by atoms with Crippen molar-refractivity contribution in [2.45, 2.75) is 5.16 Å².